The zero-order valence-corrected chi connectivity index (χ0v) is 13.3. The van der Waals surface area contributed by atoms with Crippen LogP contribution in [0.4, 0.5) is 0 Å². The van der Waals surface area contributed by atoms with Gasteiger partial charge in [0.15, 0.2) is 0 Å². The number of benzene rings is 1. The average molecular weight is 286 g/mol. The van der Waals surface area contributed by atoms with Crippen molar-refractivity contribution in [1.29, 1.82) is 0 Å². The summed E-state index contributed by atoms with van der Waals surface area (Å²) < 4.78 is 5.38. The van der Waals surface area contributed by atoms with Crippen molar-refractivity contribution >= 4 is 0 Å². The summed E-state index contributed by atoms with van der Waals surface area (Å²) >= 11 is 0. The van der Waals surface area contributed by atoms with E-state index in [0.717, 1.165) is 31.7 Å². The Labute approximate surface area is 128 Å². The highest BCUT2D eigenvalue weighted by molar-refractivity contribution is 5.26. The summed E-state index contributed by atoms with van der Waals surface area (Å²) in [7, 11) is 4.21. The molecule has 0 bridgehead atoms. The molecule has 1 aromatic heterocycles. The predicted molar refractivity (Wildman–Crippen MR) is 87.2 cm³/mol. The lowest BCUT2D eigenvalue weighted by Gasteiger charge is -2.17. The van der Waals surface area contributed by atoms with E-state index in [2.05, 4.69) is 55.5 Å². The highest BCUT2D eigenvalue weighted by Gasteiger charge is 2.07. The molecule has 0 aliphatic carbocycles. The fraction of sp³-hybridized carbons (Fsp3) is 0.444. The fourth-order valence-corrected chi connectivity index (χ4v) is 2.42. The van der Waals surface area contributed by atoms with E-state index >= 15 is 0 Å². The molecule has 0 amide bonds. The number of aryl methyl sites for hydroxylation is 1. The fourth-order valence-electron chi connectivity index (χ4n) is 2.42. The summed E-state index contributed by atoms with van der Waals surface area (Å²) in [6, 6.07) is 13.1. The Hall–Kier alpha value is -1.58. The molecule has 1 N–H and O–H groups in total. The van der Waals surface area contributed by atoms with Crippen molar-refractivity contribution in [2.24, 2.45) is 0 Å². The molecular formula is C18H26N2O. The first-order valence-corrected chi connectivity index (χ1v) is 7.62. The monoisotopic (exact) mass is 286 g/mol. The lowest BCUT2D eigenvalue weighted by Crippen LogP contribution is -2.26. The number of nitrogens with one attached hydrogen (secondary N) is 1. The van der Waals surface area contributed by atoms with Crippen molar-refractivity contribution in [2.45, 2.75) is 38.9 Å². The van der Waals surface area contributed by atoms with E-state index in [1.165, 1.54) is 11.1 Å². The lowest BCUT2D eigenvalue weighted by molar-refractivity contribution is 0.399. The van der Waals surface area contributed by atoms with Gasteiger partial charge < -0.3 is 14.6 Å². The van der Waals surface area contributed by atoms with Crippen LogP contribution in [0.1, 0.15) is 30.2 Å². The van der Waals surface area contributed by atoms with Crippen LogP contribution in [0.25, 0.3) is 0 Å². The third-order valence-corrected chi connectivity index (χ3v) is 3.65. The lowest BCUT2D eigenvalue weighted by atomic mass is 10.1. The second kappa shape index (κ2) is 8.01. The average Bonchev–Trinajstić information content (AvgIpc) is 2.97. The Balaban J connectivity index is 1.81. The van der Waals surface area contributed by atoms with Crippen LogP contribution in [-0.2, 0) is 19.5 Å². The summed E-state index contributed by atoms with van der Waals surface area (Å²) in [5.41, 5.74) is 2.78. The number of nitrogens with zero attached hydrogens (tertiary/aromatic N) is 1. The maximum Gasteiger partial charge on any atom is 0.103 e. The van der Waals surface area contributed by atoms with Crippen molar-refractivity contribution in [3.8, 4) is 0 Å². The first-order chi connectivity index (χ1) is 10.1. The first-order valence-electron chi connectivity index (χ1n) is 7.62. The molecule has 3 nitrogen and oxygen atoms in total. The second-order valence-corrected chi connectivity index (χ2v) is 5.91. The number of hydrogen-bond acceptors (Lipinski definition) is 3. The van der Waals surface area contributed by atoms with Crippen molar-refractivity contribution in [3.63, 3.8) is 0 Å². The second-order valence-electron chi connectivity index (χ2n) is 5.91. The molecule has 1 unspecified atom stereocenters. The summed E-state index contributed by atoms with van der Waals surface area (Å²) in [5.74, 6) is 1.07. The predicted octanol–water partition coefficient (Wildman–Crippen LogP) is 3.45. The minimum absolute atomic E-state index is 0.475. The van der Waals surface area contributed by atoms with Crippen LogP contribution in [0.5, 0.6) is 0 Å². The van der Waals surface area contributed by atoms with Crippen LogP contribution < -0.4 is 5.32 Å². The highest BCUT2D eigenvalue weighted by Crippen LogP contribution is 2.11. The molecule has 1 aromatic carbocycles. The Morgan fingerprint density at radius 2 is 1.86 bits per heavy atom. The SMILES string of the molecule is CC(CCc1ccco1)NCc1ccccc1CN(C)C. The minimum Gasteiger partial charge on any atom is -0.469 e. The Morgan fingerprint density at radius 3 is 2.52 bits per heavy atom. The molecule has 0 aliphatic rings. The third kappa shape index (κ3) is 5.37. The van der Waals surface area contributed by atoms with Gasteiger partial charge >= 0.3 is 0 Å². The molecule has 2 aromatic rings. The molecule has 0 spiro atoms. The van der Waals surface area contributed by atoms with Crippen LogP contribution in [0.2, 0.25) is 0 Å². The van der Waals surface area contributed by atoms with Gasteiger partial charge in [-0.25, -0.2) is 0 Å². The summed E-state index contributed by atoms with van der Waals surface area (Å²) in [6.07, 6.45) is 3.81. The number of furan rings is 1. The van der Waals surface area contributed by atoms with Gasteiger partial charge in [0.05, 0.1) is 6.26 Å². The van der Waals surface area contributed by atoms with Gasteiger partial charge in [0.25, 0.3) is 0 Å². The van der Waals surface area contributed by atoms with E-state index in [9.17, 15) is 0 Å². The molecule has 0 radical (unpaired) electrons. The topological polar surface area (TPSA) is 28.4 Å². The van der Waals surface area contributed by atoms with Crippen molar-refractivity contribution in [1.82, 2.24) is 10.2 Å². The highest BCUT2D eigenvalue weighted by atomic mass is 16.3. The van der Waals surface area contributed by atoms with Crippen LogP contribution in [0, 0.1) is 0 Å². The van der Waals surface area contributed by atoms with E-state index < -0.39 is 0 Å². The zero-order valence-electron chi connectivity index (χ0n) is 13.3. The van der Waals surface area contributed by atoms with Crippen molar-refractivity contribution < 1.29 is 4.42 Å². The molecule has 0 aliphatic heterocycles. The normalized spacial score (nSPS) is 12.8. The molecule has 0 fully saturated rings. The van der Waals surface area contributed by atoms with Crippen molar-refractivity contribution in [3.05, 3.63) is 59.5 Å². The summed E-state index contributed by atoms with van der Waals surface area (Å²) in [4.78, 5) is 2.21. The Morgan fingerprint density at radius 1 is 1.10 bits per heavy atom. The molecule has 3 heteroatoms. The van der Waals surface area contributed by atoms with Gasteiger partial charge in [-0.2, -0.15) is 0 Å². The molecule has 2 rings (SSSR count). The molecule has 114 valence electrons. The van der Waals surface area contributed by atoms with Crippen LogP contribution >= 0.6 is 0 Å². The minimum atomic E-state index is 0.475. The van der Waals surface area contributed by atoms with Gasteiger partial charge in [-0.15, -0.1) is 0 Å². The third-order valence-electron chi connectivity index (χ3n) is 3.65. The molecule has 21 heavy (non-hydrogen) atoms. The maximum atomic E-state index is 5.38. The van der Waals surface area contributed by atoms with Gasteiger partial charge in [0.1, 0.15) is 5.76 Å². The zero-order chi connectivity index (χ0) is 15.1. The number of rotatable bonds is 8. The van der Waals surface area contributed by atoms with E-state index in [1.807, 2.05) is 12.1 Å². The van der Waals surface area contributed by atoms with Gasteiger partial charge in [0.2, 0.25) is 0 Å². The first kappa shape index (κ1) is 15.8. The maximum absolute atomic E-state index is 5.38. The quantitative estimate of drug-likeness (QED) is 0.805. The van der Waals surface area contributed by atoms with Gasteiger partial charge in [-0.05, 0) is 50.7 Å². The molecule has 0 saturated heterocycles. The smallest absolute Gasteiger partial charge is 0.103 e. The standard InChI is InChI=1S/C18H26N2O/c1-15(10-11-18-9-6-12-21-18)19-13-16-7-4-5-8-17(16)14-20(2)3/h4-9,12,15,19H,10-11,13-14H2,1-3H3. The number of hydrogen-bond donors (Lipinski definition) is 1. The van der Waals surface area contributed by atoms with Crippen molar-refractivity contribution in [2.75, 3.05) is 14.1 Å². The largest absolute Gasteiger partial charge is 0.469 e. The van der Waals surface area contributed by atoms with E-state index in [1.54, 1.807) is 6.26 Å². The molecular weight excluding hydrogens is 260 g/mol. The van der Waals surface area contributed by atoms with Crippen LogP contribution in [-0.4, -0.2) is 25.0 Å². The molecule has 1 heterocycles. The Bertz CT molecular complexity index is 520. The van der Waals surface area contributed by atoms with E-state index in [4.69, 9.17) is 4.42 Å². The van der Waals surface area contributed by atoms with Gasteiger partial charge in [-0.1, -0.05) is 24.3 Å². The summed E-state index contributed by atoms with van der Waals surface area (Å²) in [6.45, 7) is 4.14. The van der Waals surface area contributed by atoms with Crippen LogP contribution in [0.3, 0.4) is 0 Å². The van der Waals surface area contributed by atoms with Gasteiger partial charge in [0, 0.05) is 25.6 Å². The van der Waals surface area contributed by atoms with Gasteiger partial charge in [-0.3, -0.25) is 0 Å². The molecule has 1 atom stereocenters. The molecule has 0 saturated carbocycles. The van der Waals surface area contributed by atoms with Crippen LogP contribution in [0.15, 0.2) is 47.1 Å². The van der Waals surface area contributed by atoms with E-state index in [0.29, 0.717) is 6.04 Å². The summed E-state index contributed by atoms with van der Waals surface area (Å²) in [5, 5.41) is 3.61. The van der Waals surface area contributed by atoms with E-state index in [-0.39, 0.29) is 0 Å². The Kier molecular flexibility index (Phi) is 6.03.